The maximum Gasteiger partial charge on any atom is 0.433 e. The first-order valence-electron chi connectivity index (χ1n) is 9.75. The van der Waals surface area contributed by atoms with Gasteiger partial charge >= 0.3 is 6.18 Å². The molecule has 0 atom stereocenters. The molecule has 0 spiro atoms. The molecular weight excluding hydrogens is 413 g/mol. The molecule has 0 unspecified atom stereocenters. The second-order valence-electron chi connectivity index (χ2n) is 7.76. The van der Waals surface area contributed by atoms with Crippen molar-refractivity contribution in [2.24, 2.45) is 0 Å². The lowest BCUT2D eigenvalue weighted by atomic mass is 9.81. The summed E-state index contributed by atoms with van der Waals surface area (Å²) < 4.78 is 40.2. The Hall–Kier alpha value is -3.05. The number of aliphatic hydroxyl groups is 2. The lowest BCUT2D eigenvalue weighted by Gasteiger charge is -2.32. The molecule has 0 radical (unpaired) electrons. The second-order valence-corrected chi connectivity index (χ2v) is 7.76. The zero-order chi connectivity index (χ0) is 22.2. The van der Waals surface area contributed by atoms with E-state index in [1.807, 2.05) is 13.0 Å². The van der Waals surface area contributed by atoms with E-state index in [1.54, 1.807) is 18.3 Å². The van der Waals surface area contributed by atoms with Gasteiger partial charge in [-0.05, 0) is 62.4 Å². The van der Waals surface area contributed by atoms with Crippen molar-refractivity contribution in [3.05, 3.63) is 53.6 Å². The van der Waals surface area contributed by atoms with Gasteiger partial charge in [0.25, 0.3) is 0 Å². The van der Waals surface area contributed by atoms with Crippen LogP contribution in [0.4, 0.5) is 24.8 Å². The number of aliphatic hydroxyl groups excluding tert-OH is 1. The molecule has 1 fully saturated rings. The zero-order valence-corrected chi connectivity index (χ0v) is 16.6. The Kier molecular flexibility index (Phi) is 5.40. The predicted octanol–water partition coefficient (Wildman–Crippen LogP) is 3.25. The molecule has 0 amide bonds. The van der Waals surface area contributed by atoms with E-state index < -0.39 is 23.6 Å². The number of benzene rings is 1. The molecule has 11 heteroatoms. The number of aryl methyl sites for hydroxylation is 1. The molecule has 8 nitrogen and oxygen atoms in total. The number of nitrogens with one attached hydrogen (secondary N) is 1. The van der Waals surface area contributed by atoms with Crippen LogP contribution in [0.5, 0.6) is 0 Å². The summed E-state index contributed by atoms with van der Waals surface area (Å²) in [6, 6.07) is 6.04. The van der Waals surface area contributed by atoms with E-state index in [2.05, 4.69) is 25.6 Å². The molecule has 3 aromatic rings. The lowest BCUT2D eigenvalue weighted by molar-refractivity contribution is -0.141. The Morgan fingerprint density at radius 2 is 1.94 bits per heavy atom. The fraction of sp³-hybridized carbons (Fsp3) is 0.400. The number of hydrogen-bond acceptors (Lipinski definition) is 7. The summed E-state index contributed by atoms with van der Waals surface area (Å²) >= 11 is 0. The summed E-state index contributed by atoms with van der Waals surface area (Å²) in [6.45, 7) is 1.83. The van der Waals surface area contributed by atoms with Crippen molar-refractivity contribution in [1.82, 2.24) is 25.0 Å². The molecule has 2 aromatic heterocycles. The van der Waals surface area contributed by atoms with Crippen molar-refractivity contribution in [1.29, 1.82) is 0 Å². The van der Waals surface area contributed by atoms with Crippen molar-refractivity contribution in [3.8, 4) is 5.69 Å². The Morgan fingerprint density at radius 3 is 2.65 bits per heavy atom. The summed E-state index contributed by atoms with van der Waals surface area (Å²) in [4.78, 5) is 7.37. The summed E-state index contributed by atoms with van der Waals surface area (Å²) in [5.74, 6) is -0.180. The molecule has 4 rings (SSSR count). The summed E-state index contributed by atoms with van der Waals surface area (Å²) in [5, 5.41) is 31.5. The number of hydrogen-bond donors (Lipinski definition) is 3. The van der Waals surface area contributed by atoms with Gasteiger partial charge in [-0.2, -0.15) is 13.2 Å². The van der Waals surface area contributed by atoms with Gasteiger partial charge in [0.2, 0.25) is 5.95 Å². The molecule has 1 aliphatic carbocycles. The standard InChI is InChI=1S/C20H21F3N6O2/c1-12-8-13(25-18-24-7-4-16(26-18)20(21,22)23)10-14(9-12)29-11-17(27-28-29)19(31)5-2-15(30)3-6-19/h4,7-11,15,30-31H,2-3,5-6H2,1H3,(H,24,25,26)/t15-,19+. The SMILES string of the molecule is Cc1cc(Nc2nccc(C(F)(F)F)n2)cc(-n2cc([C@]3(O)CC[C@@H](O)CC3)nn2)c1. The first kappa shape index (κ1) is 21.2. The highest BCUT2D eigenvalue weighted by Crippen LogP contribution is 2.36. The monoisotopic (exact) mass is 434 g/mol. The average molecular weight is 434 g/mol. The third kappa shape index (κ3) is 4.67. The number of nitrogens with zero attached hydrogens (tertiary/aromatic N) is 5. The van der Waals surface area contributed by atoms with Crippen LogP contribution in [0, 0.1) is 6.92 Å². The third-order valence-corrected chi connectivity index (χ3v) is 5.28. The lowest BCUT2D eigenvalue weighted by Crippen LogP contribution is -2.33. The minimum atomic E-state index is -4.57. The molecule has 0 saturated heterocycles. The maximum atomic E-state index is 12.9. The molecule has 31 heavy (non-hydrogen) atoms. The Labute approximate surface area is 175 Å². The Balaban J connectivity index is 1.59. The van der Waals surface area contributed by atoms with Gasteiger partial charge in [-0.15, -0.1) is 5.10 Å². The van der Waals surface area contributed by atoms with Crippen LogP contribution >= 0.6 is 0 Å². The van der Waals surface area contributed by atoms with Crippen LogP contribution in [0.25, 0.3) is 5.69 Å². The smallest absolute Gasteiger partial charge is 0.393 e. The highest BCUT2D eigenvalue weighted by molar-refractivity contribution is 5.59. The molecular formula is C20H21F3N6O2. The first-order valence-corrected chi connectivity index (χ1v) is 9.75. The van der Waals surface area contributed by atoms with Crippen molar-refractivity contribution >= 4 is 11.6 Å². The molecule has 164 valence electrons. The van der Waals surface area contributed by atoms with Gasteiger partial charge in [0, 0.05) is 11.9 Å². The van der Waals surface area contributed by atoms with E-state index in [4.69, 9.17) is 0 Å². The van der Waals surface area contributed by atoms with Gasteiger partial charge in [-0.3, -0.25) is 0 Å². The van der Waals surface area contributed by atoms with Crippen LogP contribution < -0.4 is 5.32 Å². The molecule has 1 saturated carbocycles. The van der Waals surface area contributed by atoms with Crippen LogP contribution in [0.1, 0.15) is 42.6 Å². The molecule has 2 heterocycles. The first-order chi connectivity index (χ1) is 14.6. The zero-order valence-electron chi connectivity index (χ0n) is 16.6. The highest BCUT2D eigenvalue weighted by Gasteiger charge is 2.37. The van der Waals surface area contributed by atoms with Gasteiger partial charge in [0.1, 0.15) is 17.0 Å². The van der Waals surface area contributed by atoms with Gasteiger partial charge < -0.3 is 15.5 Å². The van der Waals surface area contributed by atoms with E-state index in [0.29, 0.717) is 42.8 Å². The molecule has 3 N–H and O–H groups in total. The normalized spacial score (nSPS) is 21.8. The van der Waals surface area contributed by atoms with Crippen molar-refractivity contribution in [3.63, 3.8) is 0 Å². The van der Waals surface area contributed by atoms with E-state index in [-0.39, 0.29) is 5.95 Å². The predicted molar refractivity (Wildman–Crippen MR) is 105 cm³/mol. The number of halogens is 3. The topological polar surface area (TPSA) is 109 Å². The van der Waals surface area contributed by atoms with E-state index in [9.17, 15) is 23.4 Å². The third-order valence-electron chi connectivity index (χ3n) is 5.28. The molecule has 0 aliphatic heterocycles. The van der Waals surface area contributed by atoms with Crippen molar-refractivity contribution in [2.45, 2.75) is 50.5 Å². The summed E-state index contributed by atoms with van der Waals surface area (Å²) in [7, 11) is 0. The molecule has 1 aromatic carbocycles. The Morgan fingerprint density at radius 1 is 1.19 bits per heavy atom. The van der Waals surface area contributed by atoms with Crippen LogP contribution in [0.15, 0.2) is 36.7 Å². The van der Waals surface area contributed by atoms with E-state index in [1.165, 1.54) is 4.68 Å². The van der Waals surface area contributed by atoms with Crippen LogP contribution in [-0.4, -0.2) is 41.3 Å². The van der Waals surface area contributed by atoms with E-state index in [0.717, 1.165) is 17.8 Å². The number of anilines is 2. The van der Waals surface area contributed by atoms with Gasteiger partial charge in [-0.1, -0.05) is 5.21 Å². The quantitative estimate of drug-likeness (QED) is 0.578. The molecule has 1 aliphatic rings. The number of alkyl halides is 3. The van der Waals surface area contributed by atoms with Gasteiger partial charge in [-0.25, -0.2) is 14.6 Å². The largest absolute Gasteiger partial charge is 0.433 e. The summed E-state index contributed by atoms with van der Waals surface area (Å²) in [6.07, 6.45) is -0.571. The van der Waals surface area contributed by atoms with Crippen molar-refractivity contribution in [2.75, 3.05) is 5.32 Å². The van der Waals surface area contributed by atoms with E-state index >= 15 is 0 Å². The van der Waals surface area contributed by atoms with Crippen LogP contribution in [0.2, 0.25) is 0 Å². The van der Waals surface area contributed by atoms with Gasteiger partial charge in [0.05, 0.1) is 18.0 Å². The highest BCUT2D eigenvalue weighted by atomic mass is 19.4. The second kappa shape index (κ2) is 7.89. The number of aromatic nitrogens is 5. The maximum absolute atomic E-state index is 12.9. The molecule has 0 bridgehead atoms. The minimum absolute atomic E-state index is 0.180. The number of rotatable bonds is 4. The fourth-order valence-corrected chi connectivity index (χ4v) is 3.61. The van der Waals surface area contributed by atoms with Crippen LogP contribution in [0.3, 0.4) is 0 Å². The van der Waals surface area contributed by atoms with Crippen molar-refractivity contribution < 1.29 is 23.4 Å². The Bertz CT molecular complexity index is 1080. The van der Waals surface area contributed by atoms with Crippen LogP contribution in [-0.2, 0) is 11.8 Å². The summed E-state index contributed by atoms with van der Waals surface area (Å²) in [5.41, 5.74) is 0.136. The van der Waals surface area contributed by atoms with Gasteiger partial charge in [0.15, 0.2) is 0 Å². The average Bonchev–Trinajstić information content (AvgIpc) is 3.21. The minimum Gasteiger partial charge on any atom is -0.393 e. The fourth-order valence-electron chi connectivity index (χ4n) is 3.61.